The smallest absolute Gasteiger partial charge is 0.238 e. The van der Waals surface area contributed by atoms with Crippen molar-refractivity contribution in [3.63, 3.8) is 0 Å². The summed E-state index contributed by atoms with van der Waals surface area (Å²) < 4.78 is 13.6. The van der Waals surface area contributed by atoms with Gasteiger partial charge >= 0.3 is 0 Å². The van der Waals surface area contributed by atoms with E-state index in [1.54, 1.807) is 17.0 Å². The molecule has 0 bridgehead atoms. The lowest BCUT2D eigenvalue weighted by Gasteiger charge is -2.24. The molecule has 6 heteroatoms. The molecule has 2 amide bonds. The molecule has 1 fully saturated rings. The molecule has 0 unspecified atom stereocenters. The number of anilines is 2. The maximum atomic E-state index is 13.6. The van der Waals surface area contributed by atoms with Gasteiger partial charge in [0.25, 0.3) is 0 Å². The molecule has 1 heterocycles. The van der Waals surface area contributed by atoms with E-state index in [0.29, 0.717) is 11.4 Å². The first-order valence-electron chi connectivity index (χ1n) is 10.1. The standard InChI is InChI=1S/C23H27FN2O2S/c1-3-5-7-16(4-2)22(28)25-19-12-10-17(11-13-19)23-26(21(27)15-29-23)20-9-6-8-18(24)14-20/h6,8-14,16,23H,3-5,7,15H2,1-2H3,(H,25,28)/t16-,23+/m1/s1. The van der Waals surface area contributed by atoms with E-state index in [1.165, 1.54) is 23.9 Å². The Morgan fingerprint density at radius 1 is 1.24 bits per heavy atom. The van der Waals surface area contributed by atoms with Crippen molar-refractivity contribution in [1.29, 1.82) is 0 Å². The fraction of sp³-hybridized carbons (Fsp3) is 0.391. The minimum Gasteiger partial charge on any atom is -0.326 e. The van der Waals surface area contributed by atoms with Gasteiger partial charge in [-0.05, 0) is 48.7 Å². The molecule has 0 aliphatic carbocycles. The summed E-state index contributed by atoms with van der Waals surface area (Å²) in [7, 11) is 0. The van der Waals surface area contributed by atoms with Crippen LogP contribution in [0.25, 0.3) is 0 Å². The highest BCUT2D eigenvalue weighted by Crippen LogP contribution is 2.42. The number of carbonyl (C=O) groups is 2. The number of hydrogen-bond donors (Lipinski definition) is 1. The van der Waals surface area contributed by atoms with Gasteiger partial charge in [0.15, 0.2) is 0 Å². The van der Waals surface area contributed by atoms with Gasteiger partial charge in [0.2, 0.25) is 11.8 Å². The largest absolute Gasteiger partial charge is 0.326 e. The van der Waals surface area contributed by atoms with Gasteiger partial charge in [-0.2, -0.15) is 0 Å². The fourth-order valence-corrected chi connectivity index (χ4v) is 4.70. The number of amides is 2. The molecular weight excluding hydrogens is 387 g/mol. The molecule has 2 atom stereocenters. The molecule has 0 spiro atoms. The number of nitrogens with zero attached hydrogens (tertiary/aromatic N) is 1. The molecule has 2 aromatic rings. The molecule has 154 valence electrons. The van der Waals surface area contributed by atoms with Crippen LogP contribution < -0.4 is 10.2 Å². The first kappa shape index (κ1) is 21.4. The van der Waals surface area contributed by atoms with E-state index in [0.717, 1.165) is 36.9 Å². The van der Waals surface area contributed by atoms with Crippen molar-refractivity contribution in [2.75, 3.05) is 16.0 Å². The lowest BCUT2D eigenvalue weighted by atomic mass is 9.98. The van der Waals surface area contributed by atoms with E-state index in [-0.39, 0.29) is 28.9 Å². The van der Waals surface area contributed by atoms with Crippen molar-refractivity contribution >= 4 is 35.0 Å². The van der Waals surface area contributed by atoms with E-state index in [9.17, 15) is 14.0 Å². The van der Waals surface area contributed by atoms with Crippen LogP contribution >= 0.6 is 11.8 Å². The second-order valence-electron chi connectivity index (χ2n) is 7.27. The molecule has 1 N–H and O–H groups in total. The molecule has 2 aromatic carbocycles. The van der Waals surface area contributed by atoms with E-state index in [1.807, 2.05) is 31.2 Å². The quantitative estimate of drug-likeness (QED) is 0.597. The number of thioether (sulfide) groups is 1. The summed E-state index contributed by atoms with van der Waals surface area (Å²) in [5, 5.41) is 2.80. The van der Waals surface area contributed by atoms with Gasteiger partial charge in [-0.15, -0.1) is 11.8 Å². The molecule has 29 heavy (non-hydrogen) atoms. The van der Waals surface area contributed by atoms with Crippen LogP contribution in [0.3, 0.4) is 0 Å². The lowest BCUT2D eigenvalue weighted by molar-refractivity contribution is -0.120. The fourth-order valence-electron chi connectivity index (χ4n) is 3.52. The number of nitrogens with one attached hydrogen (secondary N) is 1. The number of hydrogen-bond acceptors (Lipinski definition) is 3. The van der Waals surface area contributed by atoms with Crippen molar-refractivity contribution in [3.05, 3.63) is 59.9 Å². The normalized spacial score (nSPS) is 17.4. The Hall–Kier alpha value is -2.34. The lowest BCUT2D eigenvalue weighted by Crippen LogP contribution is -2.27. The maximum Gasteiger partial charge on any atom is 0.238 e. The van der Waals surface area contributed by atoms with E-state index < -0.39 is 0 Å². The molecule has 1 aliphatic heterocycles. The Kier molecular flexibility index (Phi) is 7.31. The average molecular weight is 415 g/mol. The Bertz CT molecular complexity index is 856. The molecule has 0 saturated carbocycles. The molecule has 4 nitrogen and oxygen atoms in total. The van der Waals surface area contributed by atoms with Crippen molar-refractivity contribution in [2.45, 2.75) is 44.9 Å². The third-order valence-corrected chi connectivity index (χ3v) is 6.40. The van der Waals surface area contributed by atoms with Crippen LogP contribution in [0.4, 0.5) is 15.8 Å². The highest BCUT2D eigenvalue weighted by molar-refractivity contribution is 8.00. The first-order valence-corrected chi connectivity index (χ1v) is 11.2. The van der Waals surface area contributed by atoms with Gasteiger partial charge < -0.3 is 5.32 Å². The van der Waals surface area contributed by atoms with Crippen molar-refractivity contribution in [3.8, 4) is 0 Å². The number of unbranched alkanes of at least 4 members (excludes halogenated alkanes) is 1. The average Bonchev–Trinajstić information content (AvgIpc) is 3.10. The Morgan fingerprint density at radius 3 is 2.66 bits per heavy atom. The Labute approximate surface area is 175 Å². The molecular formula is C23H27FN2O2S. The number of carbonyl (C=O) groups excluding carboxylic acids is 2. The van der Waals surface area contributed by atoms with Crippen LogP contribution in [0.5, 0.6) is 0 Å². The number of benzene rings is 2. The number of halogens is 1. The second kappa shape index (κ2) is 9.92. The van der Waals surface area contributed by atoms with Gasteiger partial charge in [0, 0.05) is 17.3 Å². The number of rotatable bonds is 8. The zero-order chi connectivity index (χ0) is 20.8. The van der Waals surface area contributed by atoms with Crippen molar-refractivity contribution < 1.29 is 14.0 Å². The summed E-state index contributed by atoms with van der Waals surface area (Å²) in [6.07, 6.45) is 3.86. The summed E-state index contributed by atoms with van der Waals surface area (Å²) in [5.74, 6) is 0.0406. The second-order valence-corrected chi connectivity index (χ2v) is 8.33. The highest BCUT2D eigenvalue weighted by atomic mass is 32.2. The predicted molar refractivity (Wildman–Crippen MR) is 117 cm³/mol. The minimum absolute atomic E-state index is 0.0288. The van der Waals surface area contributed by atoms with Gasteiger partial charge in [0.05, 0.1) is 5.75 Å². The van der Waals surface area contributed by atoms with Gasteiger partial charge in [-0.25, -0.2) is 4.39 Å². The zero-order valence-corrected chi connectivity index (χ0v) is 17.7. The van der Waals surface area contributed by atoms with Crippen LogP contribution in [0.1, 0.15) is 50.5 Å². The zero-order valence-electron chi connectivity index (χ0n) is 16.9. The minimum atomic E-state index is -0.363. The van der Waals surface area contributed by atoms with Gasteiger partial charge in [-0.3, -0.25) is 14.5 Å². The van der Waals surface area contributed by atoms with Crippen LogP contribution in [-0.2, 0) is 9.59 Å². The topological polar surface area (TPSA) is 49.4 Å². The van der Waals surface area contributed by atoms with Gasteiger partial charge in [0.1, 0.15) is 11.2 Å². The van der Waals surface area contributed by atoms with Crippen molar-refractivity contribution in [2.24, 2.45) is 5.92 Å². The summed E-state index contributed by atoms with van der Waals surface area (Å²) in [4.78, 5) is 26.5. The third kappa shape index (κ3) is 5.18. The monoisotopic (exact) mass is 414 g/mol. The van der Waals surface area contributed by atoms with Crippen LogP contribution in [-0.4, -0.2) is 17.6 Å². The molecule has 3 rings (SSSR count). The van der Waals surface area contributed by atoms with E-state index >= 15 is 0 Å². The third-order valence-electron chi connectivity index (χ3n) is 5.19. The Balaban J connectivity index is 1.72. The van der Waals surface area contributed by atoms with Crippen molar-refractivity contribution in [1.82, 2.24) is 0 Å². The summed E-state index contributed by atoms with van der Waals surface area (Å²) in [5.41, 5.74) is 2.26. The highest BCUT2D eigenvalue weighted by Gasteiger charge is 2.34. The maximum absolute atomic E-state index is 13.6. The van der Waals surface area contributed by atoms with E-state index in [4.69, 9.17) is 0 Å². The molecule has 1 aliphatic rings. The first-order chi connectivity index (χ1) is 14.0. The SMILES string of the molecule is CCCC[C@@H](CC)C(=O)Nc1ccc([C@@H]2SCC(=O)N2c2cccc(F)c2)cc1. The van der Waals surface area contributed by atoms with Crippen LogP contribution in [0.15, 0.2) is 48.5 Å². The van der Waals surface area contributed by atoms with Gasteiger partial charge in [-0.1, -0.05) is 44.9 Å². The molecule has 0 aromatic heterocycles. The summed E-state index contributed by atoms with van der Waals surface area (Å²) in [6.45, 7) is 4.17. The Morgan fingerprint density at radius 2 is 2.00 bits per heavy atom. The van der Waals surface area contributed by atoms with Crippen LogP contribution in [0, 0.1) is 11.7 Å². The van der Waals surface area contributed by atoms with Crippen LogP contribution in [0.2, 0.25) is 0 Å². The summed E-state index contributed by atoms with van der Waals surface area (Å²) in [6, 6.07) is 13.7. The predicted octanol–water partition coefficient (Wildman–Crippen LogP) is 5.76. The summed E-state index contributed by atoms with van der Waals surface area (Å²) >= 11 is 1.52. The molecule has 0 radical (unpaired) electrons. The van der Waals surface area contributed by atoms with E-state index in [2.05, 4.69) is 12.2 Å². The molecule has 1 saturated heterocycles.